The van der Waals surface area contributed by atoms with E-state index in [1.807, 2.05) is 37.3 Å². The van der Waals surface area contributed by atoms with Gasteiger partial charge in [0.15, 0.2) is 0 Å². The number of hydrogen-bond donors (Lipinski definition) is 0. The lowest BCUT2D eigenvalue weighted by atomic mass is 10.0. The van der Waals surface area contributed by atoms with Gasteiger partial charge in [0, 0.05) is 22.7 Å². The van der Waals surface area contributed by atoms with Gasteiger partial charge in [-0.25, -0.2) is 9.37 Å². The van der Waals surface area contributed by atoms with Crippen LogP contribution in [-0.4, -0.2) is 16.5 Å². The summed E-state index contributed by atoms with van der Waals surface area (Å²) in [5.74, 6) is 0.511. The van der Waals surface area contributed by atoms with Crippen LogP contribution in [0, 0.1) is 12.7 Å². The molecule has 0 aliphatic rings. The summed E-state index contributed by atoms with van der Waals surface area (Å²) in [4.78, 5) is 13.1. The van der Waals surface area contributed by atoms with E-state index in [9.17, 15) is 4.39 Å². The number of benzene rings is 2. The zero-order valence-corrected chi connectivity index (χ0v) is 16.5. The Morgan fingerprint density at radius 3 is 2.41 bits per heavy atom. The second-order valence-corrected chi connectivity index (χ2v) is 7.66. The molecule has 4 rings (SSSR count). The highest BCUT2D eigenvalue weighted by Gasteiger charge is 2.22. The fourth-order valence-electron chi connectivity index (χ4n) is 3.29. The number of hydrogen-bond acceptors (Lipinski definition) is 4. The Hall–Kier alpha value is -2.50. The molecule has 0 atom stereocenters. The predicted octanol–water partition coefficient (Wildman–Crippen LogP) is 6.62. The number of nitrogens with zero attached hydrogens (tertiary/aromatic N) is 3. The van der Waals surface area contributed by atoms with E-state index in [-0.39, 0.29) is 11.1 Å². The van der Waals surface area contributed by atoms with Gasteiger partial charge in [-0.2, -0.15) is 4.98 Å². The first kappa shape index (κ1) is 17.9. The van der Waals surface area contributed by atoms with Crippen molar-refractivity contribution < 1.29 is 4.39 Å². The minimum absolute atomic E-state index is 0.221. The number of halogens is 2. The van der Waals surface area contributed by atoms with Crippen LogP contribution in [-0.2, 0) is 0 Å². The number of rotatable bonds is 4. The first-order valence-corrected chi connectivity index (χ1v) is 9.83. The van der Waals surface area contributed by atoms with Crippen LogP contribution in [0.15, 0.2) is 54.6 Å². The maximum absolute atomic E-state index is 13.4. The average molecular weight is 398 g/mol. The van der Waals surface area contributed by atoms with Crippen molar-refractivity contribution in [2.45, 2.75) is 13.8 Å². The zero-order chi connectivity index (χ0) is 19.0. The third-order valence-electron chi connectivity index (χ3n) is 4.45. The lowest BCUT2D eigenvalue weighted by Crippen LogP contribution is -2.18. The summed E-state index contributed by atoms with van der Waals surface area (Å²) in [6, 6.07) is 16.6. The smallest absolute Gasteiger partial charge is 0.225 e. The van der Waals surface area contributed by atoms with E-state index in [4.69, 9.17) is 11.6 Å². The van der Waals surface area contributed by atoms with Gasteiger partial charge in [0.05, 0.1) is 5.39 Å². The van der Waals surface area contributed by atoms with Gasteiger partial charge < -0.3 is 4.90 Å². The summed E-state index contributed by atoms with van der Waals surface area (Å²) in [6.07, 6.45) is 0. The Morgan fingerprint density at radius 1 is 1.04 bits per heavy atom. The van der Waals surface area contributed by atoms with Gasteiger partial charge in [0.1, 0.15) is 16.5 Å². The molecule has 0 amide bonds. The Kier molecular flexibility index (Phi) is 4.81. The quantitative estimate of drug-likeness (QED) is 0.362. The lowest BCUT2D eigenvalue weighted by molar-refractivity contribution is 0.628. The number of aromatic nitrogens is 2. The minimum Gasteiger partial charge on any atom is -0.326 e. The maximum Gasteiger partial charge on any atom is 0.225 e. The van der Waals surface area contributed by atoms with E-state index in [2.05, 4.69) is 21.8 Å². The second kappa shape index (κ2) is 7.25. The number of aryl methyl sites for hydroxylation is 1. The Labute approximate surface area is 166 Å². The van der Waals surface area contributed by atoms with Crippen LogP contribution in [0.4, 0.5) is 15.9 Å². The Balaban J connectivity index is 2.01. The second-order valence-electron chi connectivity index (χ2n) is 6.12. The monoisotopic (exact) mass is 397 g/mol. The molecule has 2 aromatic heterocycles. The van der Waals surface area contributed by atoms with Crippen molar-refractivity contribution in [3.8, 4) is 11.1 Å². The summed E-state index contributed by atoms with van der Waals surface area (Å²) in [5, 5.41) is 1.16. The largest absolute Gasteiger partial charge is 0.326 e. The van der Waals surface area contributed by atoms with E-state index in [0.29, 0.717) is 0 Å². The van der Waals surface area contributed by atoms with E-state index in [0.717, 1.165) is 44.3 Å². The molecule has 4 aromatic rings. The molecule has 0 bridgehead atoms. The van der Waals surface area contributed by atoms with Gasteiger partial charge >= 0.3 is 0 Å². The van der Waals surface area contributed by atoms with Crippen LogP contribution in [0.5, 0.6) is 0 Å². The van der Waals surface area contributed by atoms with Gasteiger partial charge in [-0.1, -0.05) is 30.3 Å². The molecule has 136 valence electrons. The van der Waals surface area contributed by atoms with E-state index < -0.39 is 0 Å². The van der Waals surface area contributed by atoms with Crippen LogP contribution in [0.1, 0.15) is 11.8 Å². The maximum atomic E-state index is 13.4. The van der Waals surface area contributed by atoms with Crippen molar-refractivity contribution in [1.82, 2.24) is 9.97 Å². The highest BCUT2D eigenvalue weighted by molar-refractivity contribution is 7.19. The van der Waals surface area contributed by atoms with E-state index in [1.54, 1.807) is 23.5 Å². The van der Waals surface area contributed by atoms with Gasteiger partial charge in [-0.15, -0.1) is 11.3 Å². The van der Waals surface area contributed by atoms with Gasteiger partial charge in [0.25, 0.3) is 0 Å². The zero-order valence-electron chi connectivity index (χ0n) is 14.9. The molecule has 0 saturated heterocycles. The summed E-state index contributed by atoms with van der Waals surface area (Å²) in [6.45, 7) is 4.84. The molecule has 3 nitrogen and oxygen atoms in total. The molecular formula is C21H17ClFN3S. The molecule has 27 heavy (non-hydrogen) atoms. The van der Waals surface area contributed by atoms with Crippen molar-refractivity contribution in [2.75, 3.05) is 11.4 Å². The molecule has 0 spiro atoms. The Bertz CT molecular complexity index is 1090. The third kappa shape index (κ3) is 3.29. The first-order chi connectivity index (χ1) is 13.1. The predicted molar refractivity (Wildman–Crippen MR) is 112 cm³/mol. The number of fused-ring (bicyclic) bond motifs is 1. The normalized spacial score (nSPS) is 11.1. The van der Waals surface area contributed by atoms with Gasteiger partial charge in [-0.05, 0) is 55.3 Å². The topological polar surface area (TPSA) is 29.0 Å². The summed E-state index contributed by atoms with van der Waals surface area (Å²) in [7, 11) is 0. The summed E-state index contributed by atoms with van der Waals surface area (Å²) in [5.41, 5.74) is 3.00. The molecule has 2 heterocycles. The third-order valence-corrected chi connectivity index (χ3v) is 5.62. The molecule has 0 aliphatic heterocycles. The molecule has 0 fully saturated rings. The minimum atomic E-state index is -0.255. The van der Waals surface area contributed by atoms with Crippen molar-refractivity contribution >= 4 is 44.7 Å². The highest BCUT2D eigenvalue weighted by Crippen LogP contribution is 2.43. The van der Waals surface area contributed by atoms with Crippen molar-refractivity contribution in [2.24, 2.45) is 0 Å². The molecule has 0 saturated carbocycles. The highest BCUT2D eigenvalue weighted by atomic mass is 35.5. The number of anilines is 2. The van der Waals surface area contributed by atoms with Crippen molar-refractivity contribution in [3.05, 3.63) is 70.6 Å². The number of para-hydroxylation sites is 1. The number of thiophene rings is 1. The van der Waals surface area contributed by atoms with Crippen LogP contribution >= 0.6 is 22.9 Å². The summed E-state index contributed by atoms with van der Waals surface area (Å²) < 4.78 is 13.4. The molecule has 0 radical (unpaired) electrons. The average Bonchev–Trinajstić information content (AvgIpc) is 2.99. The molecular weight excluding hydrogens is 381 g/mol. The van der Waals surface area contributed by atoms with E-state index in [1.165, 1.54) is 12.1 Å². The lowest BCUT2D eigenvalue weighted by Gasteiger charge is -2.23. The fraction of sp³-hybridized carbons (Fsp3) is 0.143. The SMILES string of the molecule is CCN(c1ccccc1)c1nc(Cl)nc2sc(C)c(-c3ccc(F)cc3)c12. The van der Waals surface area contributed by atoms with Crippen LogP contribution in [0.2, 0.25) is 5.28 Å². The van der Waals surface area contributed by atoms with Gasteiger partial charge in [-0.3, -0.25) is 0 Å². The standard InChI is InChI=1S/C21H17ClFN3S/c1-3-26(16-7-5-4-6-8-16)19-18-17(14-9-11-15(23)12-10-14)13(2)27-20(18)25-21(22)24-19/h4-12H,3H2,1-2H3. The molecule has 0 unspecified atom stereocenters. The fourth-order valence-corrected chi connectivity index (χ4v) is 4.54. The van der Waals surface area contributed by atoms with Crippen LogP contribution in [0.3, 0.4) is 0 Å². The van der Waals surface area contributed by atoms with Crippen LogP contribution in [0.25, 0.3) is 21.3 Å². The molecule has 6 heteroatoms. The Morgan fingerprint density at radius 2 is 1.74 bits per heavy atom. The van der Waals surface area contributed by atoms with Crippen LogP contribution < -0.4 is 4.90 Å². The molecule has 0 aliphatic carbocycles. The summed E-state index contributed by atoms with van der Waals surface area (Å²) >= 11 is 7.82. The van der Waals surface area contributed by atoms with Crippen molar-refractivity contribution in [1.29, 1.82) is 0 Å². The van der Waals surface area contributed by atoms with Crippen molar-refractivity contribution in [3.63, 3.8) is 0 Å². The van der Waals surface area contributed by atoms with E-state index >= 15 is 0 Å². The first-order valence-electron chi connectivity index (χ1n) is 8.63. The molecule has 2 aromatic carbocycles. The van der Waals surface area contributed by atoms with Gasteiger partial charge in [0.2, 0.25) is 5.28 Å². The molecule has 0 N–H and O–H groups in total.